The van der Waals surface area contributed by atoms with Gasteiger partial charge in [-0.05, 0) is 60.2 Å². The molecule has 0 N–H and O–H groups in total. The van der Waals surface area contributed by atoms with Gasteiger partial charge in [0.25, 0.3) is 11.1 Å². The number of hydrogen-bond acceptors (Lipinski definition) is 4. The van der Waals surface area contributed by atoms with E-state index in [4.69, 9.17) is 4.42 Å². The Bertz CT molecular complexity index is 773. The molecule has 0 radical (unpaired) electrons. The van der Waals surface area contributed by atoms with Crippen molar-refractivity contribution in [3.05, 3.63) is 71.0 Å². The van der Waals surface area contributed by atoms with E-state index in [2.05, 4.69) is 6.92 Å². The van der Waals surface area contributed by atoms with Crippen LogP contribution in [0.2, 0.25) is 0 Å². The number of rotatable bonds is 4. The number of hydrogen-bond donors (Lipinski definition) is 0. The van der Waals surface area contributed by atoms with Gasteiger partial charge in [0.1, 0.15) is 5.76 Å². The van der Waals surface area contributed by atoms with Crippen LogP contribution < -0.4 is 4.90 Å². The van der Waals surface area contributed by atoms with Crippen molar-refractivity contribution in [2.45, 2.75) is 13.3 Å². The summed E-state index contributed by atoms with van der Waals surface area (Å²) in [6, 6.07) is 11.1. The summed E-state index contributed by atoms with van der Waals surface area (Å²) in [5.41, 5.74) is 1.76. The SMILES string of the molecule is CCc1ccc(N2C(=O)S/C(=C/C=C/c3ccco3)C2=O)cc1. The first-order valence-electron chi connectivity index (χ1n) is 7.26. The van der Waals surface area contributed by atoms with Crippen LogP contribution in [0, 0.1) is 0 Å². The van der Waals surface area contributed by atoms with Gasteiger partial charge in [0.15, 0.2) is 0 Å². The lowest BCUT2D eigenvalue weighted by atomic mass is 10.1. The summed E-state index contributed by atoms with van der Waals surface area (Å²) in [4.78, 5) is 26.2. The van der Waals surface area contributed by atoms with E-state index < -0.39 is 0 Å². The lowest BCUT2D eigenvalue weighted by Crippen LogP contribution is -2.27. The molecular formula is C18H15NO3S. The summed E-state index contributed by atoms with van der Waals surface area (Å²) in [5.74, 6) is 0.393. The normalized spacial score (nSPS) is 16.9. The van der Waals surface area contributed by atoms with Gasteiger partial charge in [-0.3, -0.25) is 9.59 Å². The maximum absolute atomic E-state index is 12.4. The maximum Gasteiger partial charge on any atom is 0.298 e. The van der Waals surface area contributed by atoms with Crippen LogP contribution in [-0.4, -0.2) is 11.1 Å². The highest BCUT2D eigenvalue weighted by molar-refractivity contribution is 8.18. The number of thioether (sulfide) groups is 1. The molecular weight excluding hydrogens is 310 g/mol. The van der Waals surface area contributed by atoms with Crippen molar-refractivity contribution >= 4 is 34.7 Å². The highest BCUT2D eigenvalue weighted by Gasteiger charge is 2.35. The number of imide groups is 1. The second kappa shape index (κ2) is 6.71. The van der Waals surface area contributed by atoms with Gasteiger partial charge in [0, 0.05) is 0 Å². The minimum Gasteiger partial charge on any atom is -0.465 e. The average Bonchev–Trinajstić information content (AvgIpc) is 3.17. The van der Waals surface area contributed by atoms with E-state index in [9.17, 15) is 9.59 Å². The second-order valence-corrected chi connectivity index (χ2v) is 5.93. The van der Waals surface area contributed by atoms with Crippen LogP contribution in [-0.2, 0) is 11.2 Å². The first kappa shape index (κ1) is 15.4. The fourth-order valence-electron chi connectivity index (χ4n) is 2.20. The van der Waals surface area contributed by atoms with Crippen LogP contribution in [0.1, 0.15) is 18.2 Å². The van der Waals surface area contributed by atoms with Crippen LogP contribution in [0.5, 0.6) is 0 Å². The Morgan fingerprint density at radius 1 is 1.17 bits per heavy atom. The van der Waals surface area contributed by atoms with Crippen molar-refractivity contribution in [3.63, 3.8) is 0 Å². The molecule has 0 atom stereocenters. The van der Waals surface area contributed by atoms with Gasteiger partial charge in [0.2, 0.25) is 0 Å². The first-order valence-corrected chi connectivity index (χ1v) is 8.08. The minimum absolute atomic E-state index is 0.281. The second-order valence-electron chi connectivity index (χ2n) is 4.93. The smallest absolute Gasteiger partial charge is 0.298 e. The standard InChI is InChI=1S/C18H15NO3S/c1-2-13-8-10-14(11-9-13)19-17(20)16(23-18(19)21)7-3-5-15-6-4-12-22-15/h3-12H,2H2,1H3/b5-3+,16-7+. The van der Waals surface area contributed by atoms with Crippen LogP contribution in [0.4, 0.5) is 10.5 Å². The third-order valence-corrected chi connectivity index (χ3v) is 4.34. The van der Waals surface area contributed by atoms with Crippen molar-refractivity contribution in [3.8, 4) is 0 Å². The zero-order valence-electron chi connectivity index (χ0n) is 12.6. The molecule has 1 aromatic heterocycles. The molecule has 1 aliphatic heterocycles. The van der Waals surface area contributed by atoms with E-state index in [0.717, 1.165) is 23.7 Å². The quantitative estimate of drug-likeness (QED) is 0.769. The van der Waals surface area contributed by atoms with Crippen molar-refractivity contribution in [1.82, 2.24) is 0 Å². The summed E-state index contributed by atoms with van der Waals surface area (Å²) in [7, 11) is 0. The van der Waals surface area contributed by atoms with E-state index in [1.165, 1.54) is 4.90 Å². The Kier molecular flexibility index (Phi) is 4.48. The molecule has 2 amide bonds. The molecule has 23 heavy (non-hydrogen) atoms. The Balaban J connectivity index is 1.79. The van der Waals surface area contributed by atoms with Crippen LogP contribution in [0.3, 0.4) is 0 Å². The molecule has 1 fully saturated rings. The zero-order chi connectivity index (χ0) is 16.2. The van der Waals surface area contributed by atoms with E-state index in [1.54, 1.807) is 42.7 Å². The largest absolute Gasteiger partial charge is 0.465 e. The highest BCUT2D eigenvalue weighted by atomic mass is 32.2. The number of carbonyl (C=O) groups excluding carboxylic acids is 2. The number of benzene rings is 1. The van der Waals surface area contributed by atoms with E-state index in [1.807, 2.05) is 18.2 Å². The molecule has 5 heteroatoms. The molecule has 3 rings (SSSR count). The van der Waals surface area contributed by atoms with Gasteiger partial charge in [0.05, 0.1) is 16.9 Å². The monoisotopic (exact) mass is 325 g/mol. The van der Waals surface area contributed by atoms with Crippen molar-refractivity contribution < 1.29 is 14.0 Å². The first-order chi connectivity index (χ1) is 11.2. The molecule has 116 valence electrons. The molecule has 2 heterocycles. The molecule has 1 aliphatic rings. The van der Waals surface area contributed by atoms with E-state index >= 15 is 0 Å². The topological polar surface area (TPSA) is 50.5 Å². The molecule has 1 aromatic carbocycles. The van der Waals surface area contributed by atoms with E-state index in [0.29, 0.717) is 16.4 Å². The number of anilines is 1. The minimum atomic E-state index is -0.298. The number of amides is 2. The molecule has 0 spiro atoms. The number of carbonyl (C=O) groups is 2. The Labute approximate surface area is 138 Å². The summed E-state index contributed by atoms with van der Waals surface area (Å²) in [6.07, 6.45) is 7.57. The molecule has 0 aliphatic carbocycles. The average molecular weight is 325 g/mol. The van der Waals surface area contributed by atoms with Gasteiger partial charge < -0.3 is 4.42 Å². The lowest BCUT2D eigenvalue weighted by molar-refractivity contribution is -0.113. The summed E-state index contributed by atoms with van der Waals surface area (Å²) < 4.78 is 5.17. The molecule has 1 saturated heterocycles. The number of aryl methyl sites for hydroxylation is 1. The van der Waals surface area contributed by atoms with Gasteiger partial charge >= 0.3 is 0 Å². The van der Waals surface area contributed by atoms with Gasteiger partial charge in [-0.1, -0.05) is 25.1 Å². The molecule has 0 saturated carbocycles. The predicted octanol–water partition coefficient (Wildman–Crippen LogP) is 4.64. The molecule has 2 aromatic rings. The maximum atomic E-state index is 12.4. The van der Waals surface area contributed by atoms with Crippen LogP contribution >= 0.6 is 11.8 Å². The van der Waals surface area contributed by atoms with Gasteiger partial charge in [-0.2, -0.15) is 0 Å². The molecule has 4 nitrogen and oxygen atoms in total. The lowest BCUT2D eigenvalue weighted by Gasteiger charge is -2.12. The van der Waals surface area contributed by atoms with Gasteiger partial charge in [-0.25, -0.2) is 4.90 Å². The van der Waals surface area contributed by atoms with Crippen molar-refractivity contribution in [2.24, 2.45) is 0 Å². The fraction of sp³-hybridized carbons (Fsp3) is 0.111. The Morgan fingerprint density at radius 3 is 2.61 bits per heavy atom. The summed E-state index contributed by atoms with van der Waals surface area (Å²) >= 11 is 0.940. The van der Waals surface area contributed by atoms with Crippen LogP contribution in [0.15, 0.2) is 64.1 Å². The summed E-state index contributed by atoms with van der Waals surface area (Å²) in [5, 5.41) is -0.281. The third kappa shape index (κ3) is 3.29. The van der Waals surface area contributed by atoms with Gasteiger partial charge in [-0.15, -0.1) is 0 Å². The third-order valence-electron chi connectivity index (χ3n) is 3.45. The van der Waals surface area contributed by atoms with Crippen LogP contribution in [0.25, 0.3) is 6.08 Å². The highest BCUT2D eigenvalue weighted by Crippen LogP contribution is 2.34. The predicted molar refractivity (Wildman–Crippen MR) is 92.1 cm³/mol. The number of nitrogens with zero attached hydrogens (tertiary/aromatic N) is 1. The fourth-order valence-corrected chi connectivity index (χ4v) is 2.99. The zero-order valence-corrected chi connectivity index (χ0v) is 13.4. The molecule has 0 bridgehead atoms. The number of allylic oxidation sites excluding steroid dienone is 2. The van der Waals surface area contributed by atoms with Crippen molar-refractivity contribution in [1.29, 1.82) is 0 Å². The Morgan fingerprint density at radius 2 is 1.96 bits per heavy atom. The van der Waals surface area contributed by atoms with Crippen molar-refractivity contribution in [2.75, 3.05) is 4.90 Å². The summed E-state index contributed by atoms with van der Waals surface area (Å²) in [6.45, 7) is 2.06. The molecule has 0 unspecified atom stereocenters. The number of furan rings is 1. The Hall–Kier alpha value is -2.53. The van der Waals surface area contributed by atoms with E-state index in [-0.39, 0.29) is 11.1 Å².